The summed E-state index contributed by atoms with van der Waals surface area (Å²) in [6.45, 7) is 0.0764. The van der Waals surface area contributed by atoms with Gasteiger partial charge >= 0.3 is 105 Å². The fourth-order valence-corrected chi connectivity index (χ4v) is 1.92. The van der Waals surface area contributed by atoms with Crippen LogP contribution in [0.5, 0.6) is 0 Å². The van der Waals surface area contributed by atoms with Gasteiger partial charge in [-0.15, -0.1) is 0 Å². The first-order valence-electron chi connectivity index (χ1n) is 4.89. The number of nitrogens with one attached hydrogen (secondary N) is 1. The molecule has 0 aliphatic carbocycles. The molecule has 7 nitrogen and oxygen atoms in total. The monoisotopic (exact) mass is 312 g/mol. The van der Waals surface area contributed by atoms with Crippen molar-refractivity contribution in [3.8, 4) is 0 Å². The summed E-state index contributed by atoms with van der Waals surface area (Å²) < 4.78 is 0. The molecule has 8 heteroatoms. The molecule has 1 unspecified atom stereocenters. The van der Waals surface area contributed by atoms with Crippen LogP contribution in [0, 0.1) is 0 Å². The van der Waals surface area contributed by atoms with Crippen molar-refractivity contribution in [2.75, 3.05) is 6.54 Å². The van der Waals surface area contributed by atoms with Gasteiger partial charge in [0.25, 0.3) is 0 Å². The number of nitrogens with two attached hydrogens (primary N) is 1. The molecule has 0 saturated heterocycles. The van der Waals surface area contributed by atoms with Gasteiger partial charge < -0.3 is 0 Å². The molecular weight excluding hydrogens is 295 g/mol. The second-order valence-electron chi connectivity index (χ2n) is 3.35. The normalized spacial score (nSPS) is 13.8. The fraction of sp³-hybridized carbons (Fsp3) is 0.667. The number of aliphatic carboxylic acids is 2. The van der Waals surface area contributed by atoms with Crippen molar-refractivity contribution in [3.63, 3.8) is 0 Å². The van der Waals surface area contributed by atoms with E-state index in [0.717, 1.165) is 0 Å². The van der Waals surface area contributed by atoms with Gasteiger partial charge in [0.15, 0.2) is 0 Å². The van der Waals surface area contributed by atoms with Crippen LogP contribution in [0.25, 0.3) is 0 Å². The van der Waals surface area contributed by atoms with Crippen molar-refractivity contribution in [3.05, 3.63) is 0 Å². The second-order valence-corrected chi connectivity index (χ2v) is 5.53. The molecule has 17 heavy (non-hydrogen) atoms. The van der Waals surface area contributed by atoms with E-state index in [-0.39, 0.29) is 40.3 Å². The fourth-order valence-electron chi connectivity index (χ4n) is 0.976. The molecule has 1 amide bonds. The maximum absolute atomic E-state index is 11.3. The number of amides is 1. The molecule has 0 bridgehead atoms. The van der Waals surface area contributed by atoms with Crippen LogP contribution >= 0.6 is 0 Å². The van der Waals surface area contributed by atoms with Gasteiger partial charge in [0.1, 0.15) is 0 Å². The average molecular weight is 311 g/mol. The third kappa shape index (κ3) is 6.93. The van der Waals surface area contributed by atoms with Gasteiger partial charge in [-0.2, -0.15) is 0 Å². The van der Waals surface area contributed by atoms with E-state index < -0.39 is 22.8 Å². The van der Waals surface area contributed by atoms with Crippen LogP contribution in [-0.2, 0) is 14.4 Å². The van der Waals surface area contributed by atoms with Crippen molar-refractivity contribution in [2.24, 2.45) is 5.73 Å². The molecule has 0 rings (SSSR count). The Morgan fingerprint density at radius 2 is 1.88 bits per heavy atom. The van der Waals surface area contributed by atoms with E-state index in [2.05, 4.69) is 5.32 Å². The van der Waals surface area contributed by atoms with E-state index in [4.69, 9.17) is 15.9 Å². The van der Waals surface area contributed by atoms with Crippen molar-refractivity contribution < 1.29 is 24.6 Å². The molecule has 0 spiro atoms. The molecule has 0 fully saturated rings. The average Bonchev–Trinajstić information content (AvgIpc) is 2.25. The first-order chi connectivity index (χ1) is 7.88. The molecular formula is C9H16N2O5Se. The van der Waals surface area contributed by atoms with Crippen LogP contribution in [0.2, 0.25) is 10.6 Å². The number of carbonyl (C=O) groups excluding carboxylic acids is 1. The van der Waals surface area contributed by atoms with Gasteiger partial charge in [-0.05, 0) is 0 Å². The summed E-state index contributed by atoms with van der Waals surface area (Å²) in [6.07, 6.45) is 0.0205. The summed E-state index contributed by atoms with van der Waals surface area (Å²) >= 11 is -0.101. The summed E-state index contributed by atoms with van der Waals surface area (Å²) in [7, 11) is 0. The van der Waals surface area contributed by atoms with Gasteiger partial charge in [-0.3, -0.25) is 0 Å². The summed E-state index contributed by atoms with van der Waals surface area (Å²) in [4.78, 5) is 31.8. The van der Waals surface area contributed by atoms with Gasteiger partial charge in [0.2, 0.25) is 0 Å². The van der Waals surface area contributed by atoms with E-state index in [9.17, 15) is 14.4 Å². The minimum absolute atomic E-state index is 0.0173. The Labute approximate surface area is 105 Å². The van der Waals surface area contributed by atoms with Crippen LogP contribution in [0.1, 0.15) is 12.8 Å². The molecule has 0 aromatic carbocycles. The minimum atomic E-state index is -1.15. The van der Waals surface area contributed by atoms with Crippen molar-refractivity contribution in [2.45, 2.75) is 29.5 Å². The van der Waals surface area contributed by atoms with E-state index in [0.29, 0.717) is 0 Å². The predicted octanol–water partition coefficient (Wildman–Crippen LogP) is -1.08. The standard InChI is InChI=1S/C9H16N2O5Se/c1-17-6(9(15)16)4-11-7(12)3-2-5(10)8(13)14/h5-6H,2-4,10H2,1H3,(H,11,12)(H,13,14)(H,15,16)/t5-,6?/m0/s1. The van der Waals surface area contributed by atoms with E-state index >= 15 is 0 Å². The summed E-state index contributed by atoms with van der Waals surface area (Å²) in [5.41, 5.74) is 5.22. The van der Waals surface area contributed by atoms with Crippen LogP contribution in [0.3, 0.4) is 0 Å². The number of carboxylic acid groups (broad SMARTS) is 2. The van der Waals surface area contributed by atoms with E-state index in [1.165, 1.54) is 0 Å². The Morgan fingerprint density at radius 1 is 1.29 bits per heavy atom. The zero-order valence-electron chi connectivity index (χ0n) is 9.38. The summed E-state index contributed by atoms with van der Waals surface area (Å²) in [6, 6.07) is -1.06. The van der Waals surface area contributed by atoms with Crippen LogP contribution in [-0.4, -0.2) is 55.6 Å². The van der Waals surface area contributed by atoms with Gasteiger partial charge in [0.05, 0.1) is 0 Å². The number of hydrogen-bond donors (Lipinski definition) is 4. The maximum atomic E-state index is 11.3. The topological polar surface area (TPSA) is 130 Å². The van der Waals surface area contributed by atoms with E-state index in [1.54, 1.807) is 5.82 Å². The SMILES string of the molecule is C[Se]C(CNC(=O)CC[C@H](N)C(=O)O)C(=O)O. The molecule has 0 saturated carbocycles. The number of hydrogen-bond acceptors (Lipinski definition) is 4. The Bertz CT molecular complexity index is 297. The first kappa shape index (κ1) is 15.9. The van der Waals surface area contributed by atoms with Gasteiger partial charge in [-0.25, -0.2) is 0 Å². The molecule has 5 N–H and O–H groups in total. The summed E-state index contributed by atoms with van der Waals surface area (Å²) in [5, 5.41) is 19.7. The Balaban J connectivity index is 3.87. The number of rotatable bonds is 8. The van der Waals surface area contributed by atoms with Crippen molar-refractivity contribution in [1.82, 2.24) is 5.32 Å². The summed E-state index contributed by atoms with van der Waals surface area (Å²) in [5.74, 6) is -0.691. The first-order valence-corrected chi connectivity index (χ1v) is 7.59. The third-order valence-electron chi connectivity index (χ3n) is 2.04. The Morgan fingerprint density at radius 3 is 2.29 bits per heavy atom. The van der Waals surface area contributed by atoms with Crippen molar-refractivity contribution in [1.29, 1.82) is 0 Å². The van der Waals surface area contributed by atoms with Crippen LogP contribution in [0.4, 0.5) is 0 Å². The third-order valence-corrected chi connectivity index (χ3v) is 4.01. The van der Waals surface area contributed by atoms with E-state index in [1.807, 2.05) is 0 Å². The molecule has 0 heterocycles. The van der Waals surface area contributed by atoms with Crippen molar-refractivity contribution >= 4 is 32.8 Å². The Kier molecular flexibility index (Phi) is 7.52. The number of carbonyl (C=O) groups is 3. The Hall–Kier alpha value is -1.11. The molecule has 0 aromatic heterocycles. The van der Waals surface area contributed by atoms with Gasteiger partial charge in [-0.1, -0.05) is 0 Å². The van der Waals surface area contributed by atoms with Crippen LogP contribution < -0.4 is 11.1 Å². The molecule has 98 valence electrons. The molecule has 0 radical (unpaired) electrons. The molecule has 2 atom stereocenters. The molecule has 0 aliphatic heterocycles. The number of carboxylic acids is 2. The van der Waals surface area contributed by atoms with Gasteiger partial charge in [0, 0.05) is 0 Å². The quantitative estimate of drug-likeness (QED) is 0.422. The zero-order valence-corrected chi connectivity index (χ0v) is 11.1. The second kappa shape index (κ2) is 8.05. The predicted molar refractivity (Wildman–Crippen MR) is 60.9 cm³/mol. The molecule has 0 aromatic rings. The zero-order chi connectivity index (χ0) is 13.4. The molecule has 0 aliphatic rings. The van der Waals surface area contributed by atoms with Crippen LogP contribution in [0.15, 0.2) is 0 Å².